The molecule has 0 saturated heterocycles. The van der Waals surface area contributed by atoms with Crippen molar-refractivity contribution in [3.63, 3.8) is 0 Å². The van der Waals surface area contributed by atoms with E-state index in [1.165, 1.54) is 14.2 Å². The number of benzene rings is 1. The number of allylic oxidation sites excluding steroid dienone is 3. The van der Waals surface area contributed by atoms with E-state index in [0.717, 1.165) is 0 Å². The fourth-order valence-electron chi connectivity index (χ4n) is 4.13. The molecule has 1 unspecified atom stereocenters. The number of para-hydroxylation sites is 1. The van der Waals surface area contributed by atoms with E-state index in [9.17, 15) is 13.2 Å². The van der Waals surface area contributed by atoms with E-state index in [-0.39, 0.29) is 34.1 Å². The second kappa shape index (κ2) is 7.25. The number of rotatable bonds is 6. The van der Waals surface area contributed by atoms with Crippen molar-refractivity contribution in [2.24, 2.45) is 22.4 Å². The number of ether oxygens (including phenoxy) is 2. The highest BCUT2D eigenvalue weighted by molar-refractivity contribution is 7.93. The summed E-state index contributed by atoms with van der Waals surface area (Å²) in [7, 11) is -0.661. The average Bonchev–Trinajstić information content (AvgIpc) is 3.19. The van der Waals surface area contributed by atoms with Gasteiger partial charge in [0.2, 0.25) is 10.0 Å². The molecule has 0 bridgehead atoms. The summed E-state index contributed by atoms with van der Waals surface area (Å²) in [6, 6.07) is 5.15. The van der Waals surface area contributed by atoms with Crippen molar-refractivity contribution in [3.05, 3.63) is 46.9 Å². The Kier molecular flexibility index (Phi) is 5.29. The van der Waals surface area contributed by atoms with Gasteiger partial charge in [-0.1, -0.05) is 32.1 Å². The largest absolute Gasteiger partial charge is 0.493 e. The van der Waals surface area contributed by atoms with Crippen molar-refractivity contribution < 1.29 is 22.7 Å². The van der Waals surface area contributed by atoms with Crippen molar-refractivity contribution in [2.45, 2.75) is 26.3 Å². The van der Waals surface area contributed by atoms with Crippen LogP contribution >= 0.6 is 0 Å². The molecule has 2 aliphatic rings. The highest BCUT2D eigenvalue weighted by atomic mass is 32.2. The molecular formula is C20H26N2O5S. The van der Waals surface area contributed by atoms with E-state index in [2.05, 4.69) is 19.2 Å². The Morgan fingerprint density at radius 3 is 2.50 bits per heavy atom. The topological polar surface area (TPSA) is 108 Å². The summed E-state index contributed by atoms with van der Waals surface area (Å²) in [6.45, 7) is 4.19. The van der Waals surface area contributed by atoms with E-state index in [1.54, 1.807) is 30.4 Å². The third-order valence-electron chi connectivity index (χ3n) is 5.73. The van der Waals surface area contributed by atoms with Crippen molar-refractivity contribution in [2.75, 3.05) is 14.2 Å². The first-order chi connectivity index (χ1) is 13.1. The number of carbonyl (C=O) groups is 1. The first-order valence-corrected chi connectivity index (χ1v) is 10.6. The number of hydrogen-bond acceptors (Lipinski definition) is 5. The molecule has 7 nitrogen and oxygen atoms in total. The van der Waals surface area contributed by atoms with Crippen molar-refractivity contribution in [3.8, 4) is 11.5 Å². The SMILES string of the molecule is COc1cccc(C(=O)N[C@H]2[C@H](C3C=CC(S(N)(=O)=O)=CC3)C2(C)C)c1OC. The van der Waals surface area contributed by atoms with Gasteiger partial charge >= 0.3 is 0 Å². The van der Waals surface area contributed by atoms with Gasteiger partial charge in [-0.05, 0) is 41.9 Å². The lowest BCUT2D eigenvalue weighted by Crippen LogP contribution is -2.30. The van der Waals surface area contributed by atoms with Crippen LogP contribution in [0.2, 0.25) is 0 Å². The Hall–Kier alpha value is -2.32. The zero-order chi connectivity index (χ0) is 20.7. The number of carbonyl (C=O) groups excluding carboxylic acids is 1. The Balaban J connectivity index is 1.74. The molecule has 1 fully saturated rings. The van der Waals surface area contributed by atoms with Crippen molar-refractivity contribution >= 4 is 15.9 Å². The van der Waals surface area contributed by atoms with Gasteiger partial charge in [0.1, 0.15) is 0 Å². The number of primary sulfonamides is 1. The molecule has 0 aromatic heterocycles. The van der Waals surface area contributed by atoms with Crippen LogP contribution in [0, 0.1) is 17.3 Å². The fourth-order valence-corrected chi connectivity index (χ4v) is 4.73. The lowest BCUT2D eigenvalue weighted by Gasteiger charge is -2.17. The maximum absolute atomic E-state index is 12.9. The van der Waals surface area contributed by atoms with E-state index < -0.39 is 10.0 Å². The summed E-state index contributed by atoms with van der Waals surface area (Å²) >= 11 is 0. The van der Waals surface area contributed by atoms with Crippen LogP contribution in [0.5, 0.6) is 11.5 Å². The van der Waals surface area contributed by atoms with Crippen LogP contribution in [0.1, 0.15) is 30.6 Å². The minimum absolute atomic E-state index is 0.0324. The van der Waals surface area contributed by atoms with Crippen LogP contribution in [0.25, 0.3) is 0 Å². The van der Waals surface area contributed by atoms with Gasteiger partial charge in [0, 0.05) is 6.04 Å². The molecule has 1 aromatic carbocycles. The zero-order valence-electron chi connectivity index (χ0n) is 16.4. The first-order valence-electron chi connectivity index (χ1n) is 9.04. The van der Waals surface area contributed by atoms with Crippen LogP contribution in [-0.2, 0) is 10.0 Å². The van der Waals surface area contributed by atoms with E-state index in [0.29, 0.717) is 23.5 Å². The number of amides is 1. The molecule has 152 valence electrons. The lowest BCUT2D eigenvalue weighted by molar-refractivity contribution is 0.0941. The van der Waals surface area contributed by atoms with E-state index in [1.807, 2.05) is 6.08 Å². The van der Waals surface area contributed by atoms with Gasteiger partial charge in [-0.2, -0.15) is 0 Å². The summed E-state index contributed by atoms with van der Waals surface area (Å²) in [5.74, 6) is 1.01. The van der Waals surface area contributed by atoms with E-state index >= 15 is 0 Å². The molecule has 2 aliphatic carbocycles. The van der Waals surface area contributed by atoms with Crippen LogP contribution in [0.4, 0.5) is 0 Å². The van der Waals surface area contributed by atoms with Gasteiger partial charge in [0.15, 0.2) is 11.5 Å². The summed E-state index contributed by atoms with van der Waals surface area (Å²) in [5, 5.41) is 8.29. The quantitative estimate of drug-likeness (QED) is 0.753. The standard InChI is InChI=1S/C20H26N2O5S/c1-20(2)16(12-8-10-13(11-9-12)28(21,24)25)18(20)22-19(23)14-6-5-7-15(26-3)17(14)27-4/h5-8,10-12,16,18H,9H2,1-4H3,(H,22,23)(H2,21,24,25)/t12?,16-,18-/m0/s1. The maximum Gasteiger partial charge on any atom is 0.255 e. The lowest BCUT2D eigenvalue weighted by atomic mass is 9.91. The first kappa shape index (κ1) is 20.4. The molecule has 3 rings (SSSR count). The third kappa shape index (κ3) is 3.66. The van der Waals surface area contributed by atoms with Gasteiger partial charge in [-0.25, -0.2) is 13.6 Å². The zero-order valence-corrected chi connectivity index (χ0v) is 17.2. The maximum atomic E-state index is 12.9. The second-order valence-electron chi connectivity index (χ2n) is 7.75. The Morgan fingerprint density at radius 1 is 1.25 bits per heavy atom. The number of methoxy groups -OCH3 is 2. The van der Waals surface area contributed by atoms with Crippen molar-refractivity contribution in [1.82, 2.24) is 5.32 Å². The highest BCUT2D eigenvalue weighted by Gasteiger charge is 2.61. The number of nitrogens with two attached hydrogens (primary N) is 1. The molecule has 8 heteroatoms. The van der Waals surface area contributed by atoms with Crippen LogP contribution < -0.4 is 19.9 Å². The minimum Gasteiger partial charge on any atom is -0.493 e. The predicted molar refractivity (Wildman–Crippen MR) is 107 cm³/mol. The number of hydrogen-bond donors (Lipinski definition) is 2. The fraction of sp³-hybridized carbons (Fsp3) is 0.450. The van der Waals surface area contributed by atoms with Crippen LogP contribution in [0.15, 0.2) is 41.3 Å². The van der Waals surface area contributed by atoms with Crippen LogP contribution in [-0.4, -0.2) is 34.6 Å². The Morgan fingerprint density at radius 2 is 1.96 bits per heavy atom. The summed E-state index contributed by atoms with van der Waals surface area (Å²) in [5.41, 5.74) is 0.308. The molecule has 1 amide bonds. The smallest absolute Gasteiger partial charge is 0.255 e. The second-order valence-corrected chi connectivity index (χ2v) is 9.31. The molecule has 0 radical (unpaired) electrons. The molecule has 1 saturated carbocycles. The summed E-state index contributed by atoms with van der Waals surface area (Å²) < 4.78 is 33.5. The monoisotopic (exact) mass is 406 g/mol. The molecule has 0 spiro atoms. The van der Waals surface area contributed by atoms with Gasteiger partial charge in [-0.15, -0.1) is 0 Å². The van der Waals surface area contributed by atoms with Crippen molar-refractivity contribution in [1.29, 1.82) is 0 Å². The molecule has 3 N–H and O–H groups in total. The molecule has 1 aromatic rings. The number of sulfonamides is 1. The summed E-state index contributed by atoms with van der Waals surface area (Å²) in [4.78, 5) is 13.0. The Bertz CT molecular complexity index is 949. The predicted octanol–water partition coefficient (Wildman–Crippen LogP) is 2.21. The van der Waals surface area contributed by atoms with Gasteiger partial charge in [-0.3, -0.25) is 4.79 Å². The molecular weight excluding hydrogens is 380 g/mol. The minimum atomic E-state index is -3.69. The normalized spacial score (nSPS) is 25.6. The van der Waals surface area contributed by atoms with E-state index in [4.69, 9.17) is 14.6 Å². The third-order valence-corrected chi connectivity index (χ3v) is 6.69. The molecule has 0 heterocycles. The van der Waals surface area contributed by atoms with Gasteiger partial charge in [0.25, 0.3) is 5.91 Å². The van der Waals surface area contributed by atoms with Crippen LogP contribution in [0.3, 0.4) is 0 Å². The average molecular weight is 407 g/mol. The van der Waals surface area contributed by atoms with Gasteiger partial charge in [0.05, 0.1) is 24.7 Å². The molecule has 28 heavy (non-hydrogen) atoms. The molecule has 3 atom stereocenters. The van der Waals surface area contributed by atoms with Gasteiger partial charge < -0.3 is 14.8 Å². The Labute approximate surface area is 165 Å². The number of nitrogens with one attached hydrogen (secondary N) is 1. The summed E-state index contributed by atoms with van der Waals surface area (Å²) in [6.07, 6.45) is 5.66. The highest BCUT2D eigenvalue weighted by Crippen LogP contribution is 2.57. The molecule has 0 aliphatic heterocycles.